The molecule has 4 rings (SSSR count). The van der Waals surface area contributed by atoms with Crippen molar-refractivity contribution >= 4 is 5.91 Å². The fourth-order valence-electron chi connectivity index (χ4n) is 3.72. The minimum absolute atomic E-state index is 0.0789. The van der Waals surface area contributed by atoms with Gasteiger partial charge in [-0.25, -0.2) is 0 Å². The molecule has 7 nitrogen and oxygen atoms in total. The summed E-state index contributed by atoms with van der Waals surface area (Å²) in [6, 6.07) is 14.2. The van der Waals surface area contributed by atoms with E-state index in [1.54, 1.807) is 6.26 Å². The molecule has 3 aromatic rings. The van der Waals surface area contributed by atoms with Gasteiger partial charge in [-0.2, -0.15) is 0 Å². The van der Waals surface area contributed by atoms with Gasteiger partial charge in [0.15, 0.2) is 5.82 Å². The first kappa shape index (κ1) is 19.4. The van der Waals surface area contributed by atoms with Crippen molar-refractivity contribution in [2.75, 3.05) is 13.1 Å². The Balaban J connectivity index is 1.45. The summed E-state index contributed by atoms with van der Waals surface area (Å²) in [5, 5.41) is 15.1. The molecule has 152 valence electrons. The van der Waals surface area contributed by atoms with E-state index in [1.165, 1.54) is 5.56 Å². The highest BCUT2D eigenvalue weighted by molar-refractivity contribution is 5.78. The number of piperidine rings is 1. The molecule has 1 fully saturated rings. The van der Waals surface area contributed by atoms with E-state index in [-0.39, 0.29) is 11.8 Å². The minimum Gasteiger partial charge on any atom is -0.467 e. The lowest BCUT2D eigenvalue weighted by molar-refractivity contribution is -0.125. The van der Waals surface area contributed by atoms with Gasteiger partial charge in [0.1, 0.15) is 11.6 Å². The first-order valence-electron chi connectivity index (χ1n) is 10.3. The van der Waals surface area contributed by atoms with Crippen LogP contribution in [0.5, 0.6) is 0 Å². The molecular formula is C22H27N5O2. The first-order valence-corrected chi connectivity index (χ1v) is 10.3. The van der Waals surface area contributed by atoms with E-state index in [9.17, 15) is 4.79 Å². The average molecular weight is 393 g/mol. The van der Waals surface area contributed by atoms with Gasteiger partial charge in [-0.15, -0.1) is 10.2 Å². The second kappa shape index (κ2) is 9.52. The van der Waals surface area contributed by atoms with Crippen LogP contribution in [0.15, 0.2) is 53.1 Å². The van der Waals surface area contributed by atoms with Gasteiger partial charge in [0.05, 0.1) is 19.4 Å². The number of aryl methyl sites for hydroxylation is 2. The topological polar surface area (TPSA) is 85.0 Å². The minimum atomic E-state index is 0.0789. The van der Waals surface area contributed by atoms with E-state index in [0.717, 1.165) is 56.2 Å². The summed E-state index contributed by atoms with van der Waals surface area (Å²) >= 11 is 0. The summed E-state index contributed by atoms with van der Waals surface area (Å²) in [6.07, 6.45) is 5.10. The van der Waals surface area contributed by atoms with Gasteiger partial charge in [0, 0.05) is 12.3 Å². The summed E-state index contributed by atoms with van der Waals surface area (Å²) < 4.78 is 7.59. The molecule has 0 unspecified atom stereocenters. The van der Waals surface area contributed by atoms with Gasteiger partial charge in [-0.05, 0) is 50.0 Å². The summed E-state index contributed by atoms with van der Waals surface area (Å²) in [5.74, 6) is 2.68. The van der Waals surface area contributed by atoms with Crippen LogP contribution in [0.4, 0.5) is 0 Å². The van der Waals surface area contributed by atoms with Crippen molar-refractivity contribution in [3.05, 3.63) is 71.7 Å². The maximum atomic E-state index is 12.5. The lowest BCUT2D eigenvalue weighted by atomic mass is 9.97. The number of furan rings is 1. The summed E-state index contributed by atoms with van der Waals surface area (Å²) in [5.41, 5.74) is 1.26. The van der Waals surface area contributed by atoms with Crippen LogP contribution in [0.1, 0.15) is 35.8 Å². The predicted molar refractivity (Wildman–Crippen MR) is 109 cm³/mol. The number of rotatable bonds is 8. The van der Waals surface area contributed by atoms with Crippen molar-refractivity contribution in [2.45, 2.75) is 38.8 Å². The van der Waals surface area contributed by atoms with Crippen LogP contribution in [0, 0.1) is 5.92 Å². The monoisotopic (exact) mass is 393 g/mol. The second-order valence-corrected chi connectivity index (χ2v) is 7.43. The lowest BCUT2D eigenvalue weighted by Gasteiger charge is -2.21. The number of nitrogens with one attached hydrogen (secondary N) is 2. The number of hydrogen-bond acceptors (Lipinski definition) is 5. The molecule has 3 heterocycles. The third kappa shape index (κ3) is 5.12. The van der Waals surface area contributed by atoms with Crippen molar-refractivity contribution in [1.29, 1.82) is 0 Å². The zero-order valence-corrected chi connectivity index (χ0v) is 16.5. The molecule has 0 radical (unpaired) electrons. The Bertz CT molecular complexity index is 899. The van der Waals surface area contributed by atoms with Crippen LogP contribution in [0.25, 0.3) is 0 Å². The number of amides is 1. The molecule has 0 spiro atoms. The Morgan fingerprint density at radius 3 is 2.62 bits per heavy atom. The van der Waals surface area contributed by atoms with Crippen LogP contribution in [-0.4, -0.2) is 33.8 Å². The number of nitrogens with zero attached hydrogens (tertiary/aromatic N) is 3. The largest absolute Gasteiger partial charge is 0.467 e. The predicted octanol–water partition coefficient (Wildman–Crippen LogP) is 2.32. The lowest BCUT2D eigenvalue weighted by Crippen LogP contribution is -2.38. The van der Waals surface area contributed by atoms with E-state index >= 15 is 0 Å². The van der Waals surface area contributed by atoms with E-state index in [2.05, 4.69) is 37.5 Å². The molecule has 0 saturated carbocycles. The molecular weight excluding hydrogens is 366 g/mol. The molecule has 2 aromatic heterocycles. The van der Waals surface area contributed by atoms with Crippen molar-refractivity contribution < 1.29 is 9.21 Å². The van der Waals surface area contributed by atoms with Crippen LogP contribution in [0.2, 0.25) is 0 Å². The number of carbonyl (C=O) groups is 1. The van der Waals surface area contributed by atoms with Crippen LogP contribution < -0.4 is 10.6 Å². The first-order chi connectivity index (χ1) is 14.3. The Labute approximate surface area is 170 Å². The molecule has 1 amide bonds. The maximum absolute atomic E-state index is 12.5. The SMILES string of the molecule is O=C(NCc1nnc(CCc2ccccc2)n1Cc1ccco1)C1CCNCC1. The number of carbonyl (C=O) groups excluding carboxylic acids is 1. The normalized spacial score (nSPS) is 14.8. The highest BCUT2D eigenvalue weighted by atomic mass is 16.3. The van der Waals surface area contributed by atoms with Crippen molar-refractivity contribution in [1.82, 2.24) is 25.4 Å². The molecule has 29 heavy (non-hydrogen) atoms. The van der Waals surface area contributed by atoms with Crippen LogP contribution in [-0.2, 0) is 30.7 Å². The quantitative estimate of drug-likeness (QED) is 0.614. The van der Waals surface area contributed by atoms with Gasteiger partial charge in [-0.3, -0.25) is 4.79 Å². The summed E-state index contributed by atoms with van der Waals surface area (Å²) in [7, 11) is 0. The molecule has 0 bridgehead atoms. The number of benzene rings is 1. The van der Waals surface area contributed by atoms with E-state index in [0.29, 0.717) is 13.1 Å². The molecule has 1 aliphatic rings. The van der Waals surface area contributed by atoms with Crippen LogP contribution >= 0.6 is 0 Å². The molecule has 7 heteroatoms. The summed E-state index contributed by atoms with van der Waals surface area (Å²) in [6.45, 7) is 2.73. The molecule has 1 aromatic carbocycles. The standard InChI is InChI=1S/C22H27N5O2/c28-22(18-10-12-23-13-11-18)24-15-21-26-25-20(9-8-17-5-2-1-3-6-17)27(21)16-19-7-4-14-29-19/h1-7,14,18,23H,8-13,15-16H2,(H,24,28). The molecule has 1 saturated heterocycles. The molecule has 2 N–H and O–H groups in total. The van der Waals surface area contributed by atoms with E-state index < -0.39 is 0 Å². The second-order valence-electron chi connectivity index (χ2n) is 7.43. The Kier molecular flexibility index (Phi) is 6.36. The zero-order chi connectivity index (χ0) is 19.9. The van der Waals surface area contributed by atoms with Gasteiger partial charge < -0.3 is 19.6 Å². The maximum Gasteiger partial charge on any atom is 0.223 e. The van der Waals surface area contributed by atoms with Gasteiger partial charge in [-0.1, -0.05) is 30.3 Å². The fraction of sp³-hybridized carbons (Fsp3) is 0.409. The van der Waals surface area contributed by atoms with Crippen molar-refractivity contribution in [3.8, 4) is 0 Å². The summed E-state index contributed by atoms with van der Waals surface area (Å²) in [4.78, 5) is 12.5. The van der Waals surface area contributed by atoms with E-state index in [1.807, 2.05) is 30.3 Å². The number of hydrogen-bond donors (Lipinski definition) is 2. The highest BCUT2D eigenvalue weighted by Gasteiger charge is 2.21. The van der Waals surface area contributed by atoms with Gasteiger partial charge >= 0.3 is 0 Å². The highest BCUT2D eigenvalue weighted by Crippen LogP contribution is 2.14. The van der Waals surface area contributed by atoms with E-state index in [4.69, 9.17) is 4.42 Å². The zero-order valence-electron chi connectivity index (χ0n) is 16.5. The Hall–Kier alpha value is -2.93. The molecule has 0 atom stereocenters. The third-order valence-corrected chi connectivity index (χ3v) is 5.41. The van der Waals surface area contributed by atoms with Crippen molar-refractivity contribution in [3.63, 3.8) is 0 Å². The molecule has 0 aliphatic carbocycles. The van der Waals surface area contributed by atoms with Crippen molar-refractivity contribution in [2.24, 2.45) is 5.92 Å². The van der Waals surface area contributed by atoms with Gasteiger partial charge in [0.2, 0.25) is 5.91 Å². The van der Waals surface area contributed by atoms with Crippen LogP contribution in [0.3, 0.4) is 0 Å². The number of aromatic nitrogens is 3. The fourth-order valence-corrected chi connectivity index (χ4v) is 3.72. The Morgan fingerprint density at radius 1 is 1.07 bits per heavy atom. The average Bonchev–Trinajstić information content (AvgIpc) is 3.42. The smallest absolute Gasteiger partial charge is 0.223 e. The molecule has 1 aliphatic heterocycles. The third-order valence-electron chi connectivity index (χ3n) is 5.41. The van der Waals surface area contributed by atoms with Gasteiger partial charge in [0.25, 0.3) is 0 Å². The Morgan fingerprint density at radius 2 is 1.86 bits per heavy atom.